The fourth-order valence-corrected chi connectivity index (χ4v) is 2.37. The normalized spacial score (nSPS) is 11.7. The molecule has 1 aromatic carbocycles. The number of nitrogens with zero attached hydrogens (tertiary/aromatic N) is 3. The number of carbonyl (C=O) groups excluding carboxylic acids is 2. The Labute approximate surface area is 158 Å². The third-order valence-corrected chi connectivity index (χ3v) is 3.20. The van der Waals surface area contributed by atoms with E-state index in [9.17, 15) is 14.9 Å². The van der Waals surface area contributed by atoms with Crippen LogP contribution in [0.1, 0.15) is 47.2 Å². The molecule has 27 heavy (non-hydrogen) atoms. The van der Waals surface area contributed by atoms with E-state index in [0.717, 1.165) is 0 Å². The van der Waals surface area contributed by atoms with Crippen LogP contribution in [0.2, 0.25) is 0 Å². The number of aromatic nitrogens is 2. The molecule has 8 nitrogen and oxygen atoms in total. The molecule has 0 saturated carbocycles. The molecule has 0 spiro atoms. The molecule has 0 saturated heterocycles. The Bertz CT molecular complexity index is 911. The highest BCUT2D eigenvalue weighted by Gasteiger charge is 2.20. The van der Waals surface area contributed by atoms with Crippen molar-refractivity contribution in [2.75, 3.05) is 5.32 Å². The largest absolute Gasteiger partial charge is 0.459 e. The van der Waals surface area contributed by atoms with Crippen molar-refractivity contribution in [3.63, 3.8) is 0 Å². The third-order valence-electron chi connectivity index (χ3n) is 3.20. The summed E-state index contributed by atoms with van der Waals surface area (Å²) in [6.45, 7) is 10.5. The molecule has 0 atom stereocenters. The van der Waals surface area contributed by atoms with E-state index in [1.807, 2.05) is 6.07 Å². The molecule has 8 heteroatoms. The quantitative estimate of drug-likeness (QED) is 0.825. The van der Waals surface area contributed by atoms with Crippen LogP contribution in [0.4, 0.5) is 10.5 Å². The summed E-state index contributed by atoms with van der Waals surface area (Å²) in [5.74, 6) is -0.470. The van der Waals surface area contributed by atoms with Gasteiger partial charge in [-0.25, -0.2) is 4.79 Å². The van der Waals surface area contributed by atoms with E-state index in [0.29, 0.717) is 16.6 Å². The zero-order valence-corrected chi connectivity index (χ0v) is 16.4. The van der Waals surface area contributed by atoms with Crippen LogP contribution in [-0.2, 0) is 20.8 Å². The van der Waals surface area contributed by atoms with Crippen LogP contribution in [0.25, 0.3) is 10.9 Å². The van der Waals surface area contributed by atoms with Crippen molar-refractivity contribution in [3.8, 4) is 6.07 Å². The van der Waals surface area contributed by atoms with Crippen molar-refractivity contribution in [1.29, 1.82) is 5.26 Å². The number of rotatable bonds is 3. The predicted octanol–water partition coefficient (Wildman–Crippen LogP) is 3.60. The van der Waals surface area contributed by atoms with Gasteiger partial charge < -0.3 is 9.47 Å². The zero-order chi connectivity index (χ0) is 20.4. The molecule has 144 valence electrons. The molecule has 0 aliphatic heterocycles. The predicted molar refractivity (Wildman–Crippen MR) is 100 cm³/mol. The highest BCUT2D eigenvalue weighted by atomic mass is 16.6. The SMILES string of the molecule is CC(C)(C)OC(=O)Cn1nc(C#N)c2ccc(NC(=O)OC(C)(C)C)cc21. The van der Waals surface area contributed by atoms with Crippen LogP contribution in [0.15, 0.2) is 18.2 Å². The van der Waals surface area contributed by atoms with Gasteiger partial charge in [-0.15, -0.1) is 0 Å². The number of fused-ring (bicyclic) bond motifs is 1. The Balaban J connectivity index is 2.31. The second-order valence-electron chi connectivity index (χ2n) is 8.06. The molecule has 1 aromatic heterocycles. The molecular weight excluding hydrogens is 348 g/mol. The minimum absolute atomic E-state index is 0.147. The van der Waals surface area contributed by atoms with E-state index in [-0.39, 0.29) is 12.2 Å². The number of hydrogen-bond acceptors (Lipinski definition) is 6. The molecule has 0 bridgehead atoms. The van der Waals surface area contributed by atoms with E-state index >= 15 is 0 Å². The maximum absolute atomic E-state index is 12.1. The monoisotopic (exact) mass is 372 g/mol. The van der Waals surface area contributed by atoms with Gasteiger partial charge in [-0.2, -0.15) is 10.4 Å². The first-order valence-electron chi connectivity index (χ1n) is 8.50. The fraction of sp³-hybridized carbons (Fsp3) is 0.474. The van der Waals surface area contributed by atoms with Gasteiger partial charge in [0.25, 0.3) is 0 Å². The number of nitriles is 1. The summed E-state index contributed by atoms with van der Waals surface area (Å²) < 4.78 is 11.9. The van der Waals surface area contributed by atoms with Crippen molar-refractivity contribution in [2.45, 2.75) is 59.3 Å². The van der Waals surface area contributed by atoms with Crippen molar-refractivity contribution < 1.29 is 19.1 Å². The van der Waals surface area contributed by atoms with E-state index < -0.39 is 23.3 Å². The summed E-state index contributed by atoms with van der Waals surface area (Å²) in [4.78, 5) is 24.1. The van der Waals surface area contributed by atoms with Crippen LogP contribution < -0.4 is 5.32 Å². The Morgan fingerprint density at radius 3 is 2.33 bits per heavy atom. The Hall–Kier alpha value is -3.08. The number of anilines is 1. The standard InChI is InChI=1S/C19H24N4O4/c1-18(2,3)26-16(24)11-23-15-9-12(21-17(25)27-19(4,5)6)7-8-13(15)14(10-20)22-23/h7-9H,11H2,1-6H3,(H,21,25). The van der Waals surface area contributed by atoms with E-state index in [1.54, 1.807) is 59.7 Å². The molecule has 2 rings (SSSR count). The van der Waals surface area contributed by atoms with Crippen molar-refractivity contribution in [3.05, 3.63) is 23.9 Å². The van der Waals surface area contributed by atoms with Crippen molar-refractivity contribution >= 4 is 28.7 Å². The summed E-state index contributed by atoms with van der Waals surface area (Å²) in [6.07, 6.45) is -0.597. The van der Waals surface area contributed by atoms with E-state index in [1.165, 1.54) is 4.68 Å². The molecule has 0 radical (unpaired) electrons. The van der Waals surface area contributed by atoms with Crippen LogP contribution in [0, 0.1) is 11.3 Å². The number of amides is 1. The minimum Gasteiger partial charge on any atom is -0.459 e. The average molecular weight is 372 g/mol. The first-order chi connectivity index (χ1) is 12.4. The summed E-state index contributed by atoms with van der Waals surface area (Å²) in [7, 11) is 0. The fourth-order valence-electron chi connectivity index (χ4n) is 2.37. The zero-order valence-electron chi connectivity index (χ0n) is 16.4. The summed E-state index contributed by atoms with van der Waals surface area (Å²) >= 11 is 0. The van der Waals surface area contributed by atoms with Crippen molar-refractivity contribution in [2.24, 2.45) is 0 Å². The third kappa shape index (κ3) is 5.71. The molecule has 0 unspecified atom stereocenters. The maximum atomic E-state index is 12.1. The lowest BCUT2D eigenvalue weighted by Gasteiger charge is -2.20. The average Bonchev–Trinajstić information content (AvgIpc) is 2.80. The van der Waals surface area contributed by atoms with Gasteiger partial charge in [0.2, 0.25) is 0 Å². The smallest absolute Gasteiger partial charge is 0.412 e. The van der Waals surface area contributed by atoms with Gasteiger partial charge in [0.15, 0.2) is 5.69 Å². The molecule has 2 aromatic rings. The lowest BCUT2D eigenvalue weighted by Crippen LogP contribution is -2.27. The topological polar surface area (TPSA) is 106 Å². The Morgan fingerprint density at radius 2 is 1.78 bits per heavy atom. The first kappa shape index (κ1) is 20.2. The van der Waals surface area contributed by atoms with Gasteiger partial charge in [0.05, 0.1) is 5.52 Å². The van der Waals surface area contributed by atoms with Gasteiger partial charge >= 0.3 is 12.1 Å². The van der Waals surface area contributed by atoms with Crippen LogP contribution in [-0.4, -0.2) is 33.0 Å². The Kier molecular flexibility index (Phi) is 5.45. The molecule has 1 heterocycles. The van der Waals surface area contributed by atoms with E-state index in [2.05, 4.69) is 10.4 Å². The van der Waals surface area contributed by atoms with Crippen LogP contribution in [0.5, 0.6) is 0 Å². The van der Waals surface area contributed by atoms with Gasteiger partial charge in [-0.05, 0) is 59.7 Å². The van der Waals surface area contributed by atoms with Crippen LogP contribution >= 0.6 is 0 Å². The second kappa shape index (κ2) is 7.27. The lowest BCUT2D eigenvalue weighted by atomic mass is 10.2. The van der Waals surface area contributed by atoms with Crippen molar-refractivity contribution in [1.82, 2.24) is 9.78 Å². The molecular formula is C19H24N4O4. The molecule has 1 N–H and O–H groups in total. The van der Waals surface area contributed by atoms with Gasteiger partial charge in [0, 0.05) is 11.1 Å². The highest BCUT2D eigenvalue weighted by Crippen LogP contribution is 2.23. The number of benzene rings is 1. The molecule has 0 fully saturated rings. The molecule has 0 aliphatic rings. The van der Waals surface area contributed by atoms with Gasteiger partial charge in [-0.3, -0.25) is 14.8 Å². The summed E-state index contributed by atoms with van der Waals surface area (Å²) in [5.41, 5.74) is -0.0581. The van der Waals surface area contributed by atoms with Gasteiger partial charge in [-0.1, -0.05) is 0 Å². The van der Waals surface area contributed by atoms with Gasteiger partial charge in [0.1, 0.15) is 23.8 Å². The summed E-state index contributed by atoms with van der Waals surface area (Å²) in [6, 6.07) is 6.95. The first-order valence-corrected chi connectivity index (χ1v) is 8.50. The van der Waals surface area contributed by atoms with E-state index in [4.69, 9.17) is 9.47 Å². The summed E-state index contributed by atoms with van der Waals surface area (Å²) in [5, 5.41) is 16.7. The molecule has 1 amide bonds. The highest BCUT2D eigenvalue weighted by molar-refractivity contribution is 5.92. The molecule has 0 aliphatic carbocycles. The number of hydrogen-bond donors (Lipinski definition) is 1. The van der Waals surface area contributed by atoms with Crippen LogP contribution in [0.3, 0.4) is 0 Å². The number of ether oxygens (including phenoxy) is 2. The minimum atomic E-state index is -0.624. The number of nitrogens with one attached hydrogen (secondary N) is 1. The second-order valence-corrected chi connectivity index (χ2v) is 8.06. The maximum Gasteiger partial charge on any atom is 0.412 e. The Morgan fingerprint density at radius 1 is 1.15 bits per heavy atom. The number of carbonyl (C=O) groups is 2. The number of esters is 1. The lowest BCUT2D eigenvalue weighted by molar-refractivity contribution is -0.155.